The summed E-state index contributed by atoms with van der Waals surface area (Å²) in [7, 11) is 0. The third-order valence-electron chi connectivity index (χ3n) is 4.45. The van der Waals surface area contributed by atoms with Crippen LogP contribution in [0.5, 0.6) is 5.75 Å². The molecule has 1 N–H and O–H groups in total. The zero-order chi connectivity index (χ0) is 14.0. The lowest BCUT2D eigenvalue weighted by molar-refractivity contribution is 0.476. The van der Waals surface area contributed by atoms with E-state index in [-0.39, 0.29) is 0 Å². The Morgan fingerprint density at radius 1 is 0.571 bits per heavy atom. The van der Waals surface area contributed by atoms with Crippen LogP contribution in [0.25, 0.3) is 43.8 Å². The second-order valence-electron chi connectivity index (χ2n) is 5.61. The predicted octanol–water partition coefficient (Wildman–Crippen LogP) is 5.35. The third kappa shape index (κ3) is 1.30. The van der Waals surface area contributed by atoms with Crippen LogP contribution in [-0.2, 0) is 0 Å². The lowest BCUT2D eigenvalue weighted by atomic mass is 9.96. The second-order valence-corrected chi connectivity index (χ2v) is 5.61. The molecular formula is C20H12O. The standard InChI is InChI=1S/C20H12O/c21-13-10-18-14-6-2-1-5-12(14)9-17-15-7-3-4-8-16(15)19(11-13)20(17)18/h1-11,21H. The maximum atomic E-state index is 10.2. The molecule has 1 nitrogen and oxygen atoms in total. The summed E-state index contributed by atoms with van der Waals surface area (Å²) in [6.45, 7) is 0. The van der Waals surface area contributed by atoms with Crippen LogP contribution in [0.1, 0.15) is 0 Å². The quantitative estimate of drug-likeness (QED) is 0.375. The maximum Gasteiger partial charge on any atom is 0.116 e. The van der Waals surface area contributed by atoms with Crippen molar-refractivity contribution >= 4 is 21.5 Å². The van der Waals surface area contributed by atoms with Crippen molar-refractivity contribution in [2.24, 2.45) is 0 Å². The average molecular weight is 268 g/mol. The van der Waals surface area contributed by atoms with E-state index in [1.54, 1.807) is 0 Å². The first-order chi connectivity index (χ1) is 10.3. The number of aromatic hydroxyl groups is 1. The highest BCUT2D eigenvalue weighted by Crippen LogP contribution is 2.50. The summed E-state index contributed by atoms with van der Waals surface area (Å²) < 4.78 is 0. The van der Waals surface area contributed by atoms with E-state index in [0.717, 1.165) is 10.9 Å². The van der Waals surface area contributed by atoms with Gasteiger partial charge in [0.25, 0.3) is 0 Å². The van der Waals surface area contributed by atoms with Crippen LogP contribution in [0.2, 0.25) is 0 Å². The van der Waals surface area contributed by atoms with Crippen LogP contribution in [0.15, 0.2) is 66.7 Å². The summed E-state index contributed by atoms with van der Waals surface area (Å²) >= 11 is 0. The molecule has 0 heterocycles. The van der Waals surface area contributed by atoms with Gasteiger partial charge in [0.05, 0.1) is 0 Å². The Kier molecular flexibility index (Phi) is 1.90. The highest BCUT2D eigenvalue weighted by atomic mass is 16.3. The van der Waals surface area contributed by atoms with E-state index in [1.807, 2.05) is 12.1 Å². The summed E-state index contributed by atoms with van der Waals surface area (Å²) in [5.41, 5.74) is 4.88. The van der Waals surface area contributed by atoms with Crippen molar-refractivity contribution in [2.45, 2.75) is 0 Å². The Morgan fingerprint density at radius 3 is 2.05 bits per heavy atom. The molecule has 0 fully saturated rings. The minimum Gasteiger partial charge on any atom is -0.508 e. The Hall–Kier alpha value is -2.80. The highest BCUT2D eigenvalue weighted by Gasteiger charge is 2.22. The minimum absolute atomic E-state index is 0.330. The van der Waals surface area contributed by atoms with Crippen LogP contribution >= 0.6 is 0 Å². The van der Waals surface area contributed by atoms with Gasteiger partial charge >= 0.3 is 0 Å². The molecule has 5 rings (SSSR count). The lowest BCUT2D eigenvalue weighted by Crippen LogP contribution is -1.80. The van der Waals surface area contributed by atoms with Gasteiger partial charge in [0.2, 0.25) is 0 Å². The molecule has 1 aliphatic carbocycles. The number of benzene rings is 4. The van der Waals surface area contributed by atoms with E-state index >= 15 is 0 Å². The zero-order valence-electron chi connectivity index (χ0n) is 11.3. The van der Waals surface area contributed by atoms with E-state index in [4.69, 9.17) is 0 Å². The third-order valence-corrected chi connectivity index (χ3v) is 4.45. The molecule has 0 amide bonds. The Bertz CT molecular complexity index is 1040. The lowest BCUT2D eigenvalue weighted by Gasteiger charge is -2.08. The molecule has 1 heteroatoms. The van der Waals surface area contributed by atoms with Gasteiger partial charge in [-0.3, -0.25) is 0 Å². The molecule has 0 bridgehead atoms. The van der Waals surface area contributed by atoms with Crippen molar-refractivity contribution in [1.82, 2.24) is 0 Å². The molecule has 0 unspecified atom stereocenters. The molecule has 0 spiro atoms. The summed E-state index contributed by atoms with van der Waals surface area (Å²) in [6, 6.07) is 22.8. The van der Waals surface area contributed by atoms with Gasteiger partial charge in [-0.05, 0) is 62.0 Å². The molecule has 0 atom stereocenters. The number of hydrogen-bond acceptors (Lipinski definition) is 1. The van der Waals surface area contributed by atoms with Gasteiger partial charge in [-0.2, -0.15) is 0 Å². The molecule has 0 radical (unpaired) electrons. The molecule has 4 aromatic carbocycles. The van der Waals surface area contributed by atoms with Crippen LogP contribution < -0.4 is 0 Å². The van der Waals surface area contributed by atoms with Crippen LogP contribution in [0.3, 0.4) is 0 Å². The van der Waals surface area contributed by atoms with Crippen LogP contribution in [-0.4, -0.2) is 5.11 Å². The molecule has 0 saturated heterocycles. The van der Waals surface area contributed by atoms with Gasteiger partial charge in [0.15, 0.2) is 0 Å². The summed E-state index contributed by atoms with van der Waals surface area (Å²) in [4.78, 5) is 0. The van der Waals surface area contributed by atoms with E-state index in [9.17, 15) is 5.11 Å². The monoisotopic (exact) mass is 268 g/mol. The number of rotatable bonds is 0. The first kappa shape index (κ1) is 10.9. The molecule has 1 aliphatic rings. The first-order valence-corrected chi connectivity index (χ1v) is 7.11. The molecule has 4 aromatic rings. The molecule has 0 aliphatic heterocycles. The topological polar surface area (TPSA) is 20.2 Å². The number of hydrogen-bond donors (Lipinski definition) is 1. The Labute approximate surface area is 122 Å². The van der Waals surface area contributed by atoms with Gasteiger partial charge in [0.1, 0.15) is 5.75 Å². The van der Waals surface area contributed by atoms with E-state index in [1.165, 1.54) is 32.8 Å². The van der Waals surface area contributed by atoms with Gasteiger partial charge in [-0.25, -0.2) is 0 Å². The average Bonchev–Trinajstić information content (AvgIpc) is 2.83. The van der Waals surface area contributed by atoms with Crippen molar-refractivity contribution in [3.05, 3.63) is 66.7 Å². The van der Waals surface area contributed by atoms with Crippen LogP contribution in [0.4, 0.5) is 0 Å². The highest BCUT2D eigenvalue weighted by molar-refractivity contribution is 6.23. The molecule has 98 valence electrons. The smallest absolute Gasteiger partial charge is 0.116 e. The van der Waals surface area contributed by atoms with Crippen molar-refractivity contribution in [3.63, 3.8) is 0 Å². The van der Waals surface area contributed by atoms with E-state index < -0.39 is 0 Å². The van der Waals surface area contributed by atoms with Crippen molar-refractivity contribution in [3.8, 4) is 28.0 Å². The van der Waals surface area contributed by atoms with E-state index in [0.29, 0.717) is 5.75 Å². The summed E-state index contributed by atoms with van der Waals surface area (Å²) in [6.07, 6.45) is 0. The Balaban J connectivity index is 2.13. The number of fused-ring (bicyclic) bond motifs is 5. The number of phenolic OH excluding ortho intramolecular Hbond substituents is 1. The SMILES string of the molecule is Oc1cc2c3c(cc4ccccc4c3c1)-c1ccccc1-2. The number of phenols is 1. The fourth-order valence-electron chi connectivity index (χ4n) is 3.60. The van der Waals surface area contributed by atoms with Crippen LogP contribution in [0, 0.1) is 0 Å². The Morgan fingerprint density at radius 2 is 1.24 bits per heavy atom. The van der Waals surface area contributed by atoms with Gasteiger partial charge in [-0.1, -0.05) is 48.5 Å². The normalized spacial score (nSPS) is 12.0. The summed E-state index contributed by atoms with van der Waals surface area (Å²) in [5.74, 6) is 0.330. The van der Waals surface area contributed by atoms with Crippen molar-refractivity contribution < 1.29 is 5.11 Å². The minimum atomic E-state index is 0.330. The second kappa shape index (κ2) is 3.64. The first-order valence-electron chi connectivity index (χ1n) is 7.11. The predicted molar refractivity (Wildman–Crippen MR) is 87.5 cm³/mol. The van der Waals surface area contributed by atoms with E-state index in [2.05, 4.69) is 54.6 Å². The largest absolute Gasteiger partial charge is 0.508 e. The van der Waals surface area contributed by atoms with Crippen molar-refractivity contribution in [1.29, 1.82) is 0 Å². The molecule has 0 saturated carbocycles. The fraction of sp³-hybridized carbons (Fsp3) is 0. The molecular weight excluding hydrogens is 256 g/mol. The van der Waals surface area contributed by atoms with Gasteiger partial charge in [-0.15, -0.1) is 0 Å². The maximum absolute atomic E-state index is 10.2. The molecule has 0 aromatic heterocycles. The van der Waals surface area contributed by atoms with Crippen molar-refractivity contribution in [2.75, 3.05) is 0 Å². The van der Waals surface area contributed by atoms with Gasteiger partial charge in [0, 0.05) is 0 Å². The zero-order valence-corrected chi connectivity index (χ0v) is 11.3. The molecule has 21 heavy (non-hydrogen) atoms. The van der Waals surface area contributed by atoms with Gasteiger partial charge < -0.3 is 5.11 Å². The fourth-order valence-corrected chi connectivity index (χ4v) is 3.60. The summed E-state index contributed by atoms with van der Waals surface area (Å²) in [5, 5.41) is 15.0.